The van der Waals surface area contributed by atoms with Gasteiger partial charge in [-0.1, -0.05) is 24.3 Å². The highest BCUT2D eigenvalue weighted by molar-refractivity contribution is 5.22. The number of nitrogens with zero attached hydrogens (tertiary/aromatic N) is 2. The van der Waals surface area contributed by atoms with E-state index in [0.717, 1.165) is 13.1 Å². The Hall–Kier alpha value is -1.65. The molecule has 0 unspecified atom stereocenters. The summed E-state index contributed by atoms with van der Waals surface area (Å²) in [6.45, 7) is 2.34. The Morgan fingerprint density at radius 1 is 1.28 bits per heavy atom. The molecule has 2 aromatic rings. The Balaban J connectivity index is 1.86. The zero-order chi connectivity index (χ0) is 12.8. The quantitative estimate of drug-likeness (QED) is 0.844. The lowest BCUT2D eigenvalue weighted by molar-refractivity contribution is 0.185. The molecule has 0 radical (unpaired) electrons. The number of nitrogens with one attached hydrogen (secondary N) is 1. The van der Waals surface area contributed by atoms with Crippen molar-refractivity contribution in [3.8, 4) is 0 Å². The first-order chi connectivity index (χ1) is 8.79. The van der Waals surface area contributed by atoms with Crippen molar-refractivity contribution < 1.29 is 4.74 Å². The summed E-state index contributed by atoms with van der Waals surface area (Å²) in [7, 11) is 3.72. The zero-order valence-electron chi connectivity index (χ0n) is 10.9. The number of benzene rings is 1. The smallest absolute Gasteiger partial charge is 0.0945 e. The fourth-order valence-corrected chi connectivity index (χ4v) is 1.89. The van der Waals surface area contributed by atoms with Gasteiger partial charge >= 0.3 is 0 Å². The number of aromatic nitrogens is 2. The first kappa shape index (κ1) is 12.8. The lowest BCUT2D eigenvalue weighted by Crippen LogP contribution is -2.14. The van der Waals surface area contributed by atoms with E-state index < -0.39 is 0 Å². The average Bonchev–Trinajstić information content (AvgIpc) is 2.76. The maximum Gasteiger partial charge on any atom is 0.0945 e. The van der Waals surface area contributed by atoms with Crippen LogP contribution in [0.5, 0.6) is 0 Å². The summed E-state index contributed by atoms with van der Waals surface area (Å²) in [6, 6.07) is 8.43. The van der Waals surface area contributed by atoms with Gasteiger partial charge < -0.3 is 14.6 Å². The SMILES string of the molecule is COCc1cccc(CNCc2cncn2C)c1. The largest absolute Gasteiger partial charge is 0.380 e. The summed E-state index contributed by atoms with van der Waals surface area (Å²) in [5, 5.41) is 3.41. The van der Waals surface area contributed by atoms with Gasteiger partial charge in [0.2, 0.25) is 0 Å². The summed E-state index contributed by atoms with van der Waals surface area (Å²) >= 11 is 0. The average molecular weight is 245 g/mol. The van der Waals surface area contributed by atoms with Crippen LogP contribution in [0.3, 0.4) is 0 Å². The van der Waals surface area contributed by atoms with E-state index in [-0.39, 0.29) is 0 Å². The molecule has 0 saturated carbocycles. The van der Waals surface area contributed by atoms with Gasteiger partial charge in [-0.05, 0) is 11.1 Å². The Morgan fingerprint density at radius 3 is 2.83 bits per heavy atom. The topological polar surface area (TPSA) is 39.1 Å². The zero-order valence-corrected chi connectivity index (χ0v) is 10.9. The van der Waals surface area contributed by atoms with E-state index in [1.807, 2.05) is 24.1 Å². The number of aryl methyl sites for hydroxylation is 1. The van der Waals surface area contributed by atoms with Crippen LogP contribution < -0.4 is 5.32 Å². The molecule has 4 nitrogen and oxygen atoms in total. The molecule has 0 bridgehead atoms. The molecule has 2 rings (SSSR count). The summed E-state index contributed by atoms with van der Waals surface area (Å²) in [4.78, 5) is 4.09. The van der Waals surface area contributed by atoms with E-state index in [0.29, 0.717) is 6.61 Å². The van der Waals surface area contributed by atoms with Gasteiger partial charge in [0.05, 0.1) is 18.6 Å². The second-order valence-electron chi connectivity index (χ2n) is 4.35. The molecule has 1 N–H and O–H groups in total. The van der Waals surface area contributed by atoms with Crippen LogP contribution in [-0.4, -0.2) is 16.7 Å². The van der Waals surface area contributed by atoms with Crippen molar-refractivity contribution in [1.82, 2.24) is 14.9 Å². The molecule has 1 heterocycles. The molecule has 1 aromatic heterocycles. The molecule has 1 aromatic carbocycles. The number of rotatable bonds is 6. The molecule has 0 aliphatic carbocycles. The van der Waals surface area contributed by atoms with Crippen LogP contribution in [0.1, 0.15) is 16.8 Å². The predicted octanol–water partition coefficient (Wildman–Crippen LogP) is 1.86. The molecule has 96 valence electrons. The van der Waals surface area contributed by atoms with Gasteiger partial charge in [-0.2, -0.15) is 0 Å². The lowest BCUT2D eigenvalue weighted by Gasteiger charge is -2.07. The number of ether oxygens (including phenoxy) is 1. The molecule has 4 heteroatoms. The minimum Gasteiger partial charge on any atom is -0.380 e. The second kappa shape index (κ2) is 6.33. The second-order valence-corrected chi connectivity index (χ2v) is 4.35. The molecular formula is C14H19N3O. The summed E-state index contributed by atoms with van der Waals surface area (Å²) in [6.07, 6.45) is 3.70. The fourth-order valence-electron chi connectivity index (χ4n) is 1.89. The van der Waals surface area contributed by atoms with Crippen LogP contribution in [0.2, 0.25) is 0 Å². The Labute approximate surface area is 108 Å². The molecule has 0 aliphatic heterocycles. The van der Waals surface area contributed by atoms with Gasteiger partial charge in [-0.15, -0.1) is 0 Å². The van der Waals surface area contributed by atoms with E-state index in [2.05, 4.69) is 34.6 Å². The van der Waals surface area contributed by atoms with Crippen LogP contribution in [0.25, 0.3) is 0 Å². The normalized spacial score (nSPS) is 10.8. The van der Waals surface area contributed by atoms with Gasteiger partial charge in [0.15, 0.2) is 0 Å². The van der Waals surface area contributed by atoms with Gasteiger partial charge in [-0.3, -0.25) is 0 Å². The van der Waals surface area contributed by atoms with Crippen LogP contribution in [0, 0.1) is 0 Å². The first-order valence-electron chi connectivity index (χ1n) is 6.02. The Kier molecular flexibility index (Phi) is 4.50. The van der Waals surface area contributed by atoms with E-state index >= 15 is 0 Å². The molecule has 0 aliphatic rings. The summed E-state index contributed by atoms with van der Waals surface area (Å²) in [5.74, 6) is 0. The van der Waals surface area contributed by atoms with Crippen molar-refractivity contribution in [2.75, 3.05) is 7.11 Å². The minimum absolute atomic E-state index is 0.662. The number of imidazole rings is 1. The lowest BCUT2D eigenvalue weighted by atomic mass is 10.1. The monoisotopic (exact) mass is 245 g/mol. The van der Waals surface area contributed by atoms with Crippen molar-refractivity contribution in [1.29, 1.82) is 0 Å². The number of hydrogen-bond donors (Lipinski definition) is 1. The third kappa shape index (κ3) is 3.42. The molecular weight excluding hydrogens is 226 g/mol. The van der Waals surface area contributed by atoms with Gasteiger partial charge in [0.25, 0.3) is 0 Å². The standard InChI is InChI=1S/C14H19N3O/c1-17-11-16-9-14(17)8-15-7-12-4-3-5-13(6-12)10-18-2/h3-6,9,11,15H,7-8,10H2,1-2H3. The Morgan fingerprint density at radius 2 is 2.11 bits per heavy atom. The van der Waals surface area contributed by atoms with Crippen molar-refractivity contribution in [2.45, 2.75) is 19.7 Å². The molecule has 0 atom stereocenters. The molecule has 0 amide bonds. The van der Waals surface area contributed by atoms with E-state index in [1.54, 1.807) is 7.11 Å². The van der Waals surface area contributed by atoms with E-state index in [4.69, 9.17) is 4.74 Å². The predicted molar refractivity (Wildman–Crippen MR) is 70.9 cm³/mol. The maximum absolute atomic E-state index is 5.13. The van der Waals surface area contributed by atoms with Gasteiger partial charge in [-0.25, -0.2) is 4.98 Å². The maximum atomic E-state index is 5.13. The number of hydrogen-bond acceptors (Lipinski definition) is 3. The van der Waals surface area contributed by atoms with Crippen molar-refractivity contribution >= 4 is 0 Å². The van der Waals surface area contributed by atoms with Crippen LogP contribution in [-0.2, 0) is 31.5 Å². The first-order valence-corrected chi connectivity index (χ1v) is 6.02. The van der Waals surface area contributed by atoms with E-state index in [9.17, 15) is 0 Å². The van der Waals surface area contributed by atoms with Gasteiger partial charge in [0, 0.05) is 33.4 Å². The highest BCUT2D eigenvalue weighted by Gasteiger charge is 1.99. The minimum atomic E-state index is 0.662. The highest BCUT2D eigenvalue weighted by atomic mass is 16.5. The third-order valence-corrected chi connectivity index (χ3v) is 2.85. The molecule has 0 spiro atoms. The third-order valence-electron chi connectivity index (χ3n) is 2.85. The van der Waals surface area contributed by atoms with Crippen LogP contribution in [0.15, 0.2) is 36.8 Å². The summed E-state index contributed by atoms with van der Waals surface area (Å²) < 4.78 is 7.15. The van der Waals surface area contributed by atoms with Gasteiger partial charge in [0.1, 0.15) is 0 Å². The molecule has 0 saturated heterocycles. The van der Waals surface area contributed by atoms with Crippen molar-refractivity contribution in [3.63, 3.8) is 0 Å². The van der Waals surface area contributed by atoms with Crippen molar-refractivity contribution in [2.24, 2.45) is 7.05 Å². The highest BCUT2D eigenvalue weighted by Crippen LogP contribution is 2.06. The van der Waals surface area contributed by atoms with Crippen LogP contribution >= 0.6 is 0 Å². The summed E-state index contributed by atoms with van der Waals surface area (Å²) in [5.41, 5.74) is 3.66. The molecule has 0 fully saturated rings. The molecule has 18 heavy (non-hydrogen) atoms. The Bertz CT molecular complexity index is 493. The van der Waals surface area contributed by atoms with Crippen LogP contribution in [0.4, 0.5) is 0 Å². The fraction of sp³-hybridized carbons (Fsp3) is 0.357. The van der Waals surface area contributed by atoms with Crippen molar-refractivity contribution in [3.05, 3.63) is 53.6 Å². The van der Waals surface area contributed by atoms with E-state index in [1.165, 1.54) is 16.8 Å². The number of methoxy groups -OCH3 is 1.